The van der Waals surface area contributed by atoms with Crippen molar-refractivity contribution < 1.29 is 19.6 Å². The van der Waals surface area contributed by atoms with Crippen LogP contribution in [0.5, 0.6) is 0 Å². The van der Waals surface area contributed by atoms with Gasteiger partial charge < -0.3 is 15.5 Å². The van der Waals surface area contributed by atoms with Crippen molar-refractivity contribution in [3.63, 3.8) is 0 Å². The van der Waals surface area contributed by atoms with Crippen LogP contribution in [0.1, 0.15) is 18.4 Å². The first-order valence-electron chi connectivity index (χ1n) is 8.76. The third-order valence-corrected chi connectivity index (χ3v) is 4.63. The van der Waals surface area contributed by atoms with Gasteiger partial charge in [-0.15, -0.1) is 0 Å². The summed E-state index contributed by atoms with van der Waals surface area (Å²) < 4.78 is 0. The molecular formula is C18H26N4O4. The van der Waals surface area contributed by atoms with Crippen LogP contribution in [0.25, 0.3) is 0 Å². The maximum atomic E-state index is 13.1. The van der Waals surface area contributed by atoms with Crippen molar-refractivity contribution in [2.75, 3.05) is 26.7 Å². The Labute approximate surface area is 152 Å². The number of ketones is 1. The van der Waals surface area contributed by atoms with Crippen LogP contribution in [0.4, 0.5) is 4.79 Å². The molecule has 26 heavy (non-hydrogen) atoms. The number of carbonyl (C=O) groups excluding carboxylic acids is 3. The fourth-order valence-electron chi connectivity index (χ4n) is 3.22. The molecule has 2 rings (SSSR count). The van der Waals surface area contributed by atoms with Crippen LogP contribution in [0.2, 0.25) is 0 Å². The fourth-order valence-corrected chi connectivity index (χ4v) is 3.22. The van der Waals surface area contributed by atoms with Crippen LogP contribution in [0, 0.1) is 5.92 Å². The molecule has 0 aromatic heterocycles. The number of hydrogen-bond acceptors (Lipinski definition) is 5. The van der Waals surface area contributed by atoms with Crippen LogP contribution in [-0.2, 0) is 16.0 Å². The highest BCUT2D eigenvalue weighted by atomic mass is 16.5. The lowest BCUT2D eigenvalue weighted by atomic mass is 9.87. The summed E-state index contributed by atoms with van der Waals surface area (Å²) in [4.78, 5) is 38.3. The highest BCUT2D eigenvalue weighted by molar-refractivity contribution is 5.93. The minimum Gasteiger partial charge on any atom is -0.341 e. The van der Waals surface area contributed by atoms with E-state index in [4.69, 9.17) is 5.21 Å². The summed E-state index contributed by atoms with van der Waals surface area (Å²) in [5, 5.41) is 14.5. The van der Waals surface area contributed by atoms with Crippen molar-refractivity contribution in [2.24, 2.45) is 5.92 Å². The summed E-state index contributed by atoms with van der Waals surface area (Å²) in [6.45, 7) is 1.39. The van der Waals surface area contributed by atoms with E-state index in [1.54, 1.807) is 5.48 Å². The highest BCUT2D eigenvalue weighted by Gasteiger charge is 2.36. The van der Waals surface area contributed by atoms with Gasteiger partial charge in [-0.25, -0.2) is 10.3 Å². The zero-order chi connectivity index (χ0) is 18.9. The Morgan fingerprint density at radius 3 is 2.69 bits per heavy atom. The molecule has 0 spiro atoms. The number of nitrogens with one attached hydrogen (secondary N) is 3. The number of urea groups is 1. The number of nitrogens with zero attached hydrogens (tertiary/aromatic N) is 1. The molecule has 1 fully saturated rings. The molecule has 142 valence electrons. The lowest BCUT2D eigenvalue weighted by Crippen LogP contribution is -2.60. The lowest BCUT2D eigenvalue weighted by molar-refractivity contribution is -0.136. The Hall–Kier alpha value is -2.45. The van der Waals surface area contributed by atoms with E-state index in [1.165, 1.54) is 11.9 Å². The second-order valence-corrected chi connectivity index (χ2v) is 6.33. The summed E-state index contributed by atoms with van der Waals surface area (Å²) in [7, 11) is 1.53. The minimum absolute atomic E-state index is 0.111. The Morgan fingerprint density at radius 2 is 2.04 bits per heavy atom. The van der Waals surface area contributed by atoms with E-state index in [2.05, 4.69) is 10.6 Å². The molecule has 0 saturated carbocycles. The van der Waals surface area contributed by atoms with Crippen molar-refractivity contribution in [3.8, 4) is 0 Å². The zero-order valence-electron chi connectivity index (χ0n) is 14.9. The smallest absolute Gasteiger partial charge is 0.317 e. The molecule has 1 saturated heterocycles. The number of Topliss-reactive ketones (excluding diaryl/α,β-unsaturated/α-hetero) is 1. The molecule has 1 aromatic carbocycles. The molecule has 0 aliphatic carbocycles. The number of benzene rings is 1. The highest BCUT2D eigenvalue weighted by Crippen LogP contribution is 2.19. The van der Waals surface area contributed by atoms with Crippen molar-refractivity contribution >= 4 is 17.7 Å². The van der Waals surface area contributed by atoms with E-state index < -0.39 is 17.9 Å². The van der Waals surface area contributed by atoms with E-state index >= 15 is 0 Å². The Kier molecular flexibility index (Phi) is 7.55. The van der Waals surface area contributed by atoms with Gasteiger partial charge in [-0.2, -0.15) is 0 Å². The molecule has 1 aromatic rings. The third kappa shape index (κ3) is 5.27. The number of aryl methyl sites for hydroxylation is 1. The number of piperazine rings is 1. The van der Waals surface area contributed by atoms with Crippen molar-refractivity contribution in [1.29, 1.82) is 0 Å². The predicted octanol–water partition coefficient (Wildman–Crippen LogP) is 0.313. The topological polar surface area (TPSA) is 111 Å². The van der Waals surface area contributed by atoms with Crippen molar-refractivity contribution in [1.82, 2.24) is 21.0 Å². The molecule has 8 heteroatoms. The molecule has 1 aliphatic heterocycles. The van der Waals surface area contributed by atoms with E-state index in [-0.39, 0.29) is 18.2 Å². The number of hydrogen-bond donors (Lipinski definition) is 4. The molecule has 2 atom stereocenters. The summed E-state index contributed by atoms with van der Waals surface area (Å²) in [6.07, 6.45) is 0.991. The molecule has 1 heterocycles. The summed E-state index contributed by atoms with van der Waals surface area (Å²) in [6, 6.07) is 8.75. The monoisotopic (exact) mass is 362 g/mol. The Balaban J connectivity index is 2.12. The average molecular weight is 362 g/mol. The summed E-state index contributed by atoms with van der Waals surface area (Å²) >= 11 is 0. The van der Waals surface area contributed by atoms with Gasteiger partial charge in [0.1, 0.15) is 6.04 Å². The average Bonchev–Trinajstić information content (AvgIpc) is 2.70. The minimum atomic E-state index is -0.629. The molecule has 0 bridgehead atoms. The van der Waals surface area contributed by atoms with Crippen LogP contribution in [0.3, 0.4) is 0 Å². The van der Waals surface area contributed by atoms with E-state index in [9.17, 15) is 14.4 Å². The number of rotatable bonds is 7. The summed E-state index contributed by atoms with van der Waals surface area (Å²) in [5.74, 6) is -1.36. The maximum Gasteiger partial charge on any atom is 0.317 e. The second-order valence-electron chi connectivity index (χ2n) is 6.33. The Morgan fingerprint density at radius 1 is 1.31 bits per heavy atom. The number of hydroxylamine groups is 1. The van der Waals surface area contributed by atoms with Gasteiger partial charge in [-0.1, -0.05) is 30.3 Å². The lowest BCUT2D eigenvalue weighted by Gasteiger charge is -2.36. The van der Waals surface area contributed by atoms with Gasteiger partial charge in [-0.05, 0) is 18.4 Å². The molecule has 1 unspecified atom stereocenters. The van der Waals surface area contributed by atoms with Gasteiger partial charge in [0.15, 0.2) is 5.78 Å². The fraction of sp³-hybridized carbons (Fsp3) is 0.500. The van der Waals surface area contributed by atoms with Gasteiger partial charge in [0.05, 0.1) is 0 Å². The number of amides is 3. The van der Waals surface area contributed by atoms with Crippen LogP contribution < -0.4 is 16.1 Å². The first kappa shape index (κ1) is 19.9. The van der Waals surface area contributed by atoms with Crippen LogP contribution >= 0.6 is 0 Å². The quantitative estimate of drug-likeness (QED) is 0.412. The largest absolute Gasteiger partial charge is 0.341 e. The normalized spacial score (nSPS) is 18.1. The molecule has 0 radical (unpaired) electrons. The summed E-state index contributed by atoms with van der Waals surface area (Å²) in [5.41, 5.74) is 2.67. The van der Waals surface area contributed by atoms with Gasteiger partial charge in [0, 0.05) is 39.0 Å². The van der Waals surface area contributed by atoms with E-state index in [0.717, 1.165) is 5.56 Å². The second kappa shape index (κ2) is 9.88. The molecule has 1 aliphatic rings. The molecule has 4 N–H and O–H groups in total. The standard InChI is InChI=1S/C18H26N4O4/c1-19-18(25)22-10-9-20-12-15(22)17(24)14(11-16(23)21-26)8-7-13-5-3-2-4-6-13/h2-6,14-15,20,26H,7-12H2,1H3,(H,19,25)(H,21,23)/t14?,15-/m0/s1. The Bertz CT molecular complexity index is 623. The van der Waals surface area contributed by atoms with E-state index in [0.29, 0.717) is 32.5 Å². The number of carbonyl (C=O) groups is 3. The van der Waals surface area contributed by atoms with Crippen molar-refractivity contribution in [3.05, 3.63) is 35.9 Å². The SMILES string of the molecule is CNC(=O)N1CCNC[C@H]1C(=O)C(CCc1ccccc1)CC(=O)NO. The van der Waals surface area contributed by atoms with Crippen LogP contribution in [0.15, 0.2) is 30.3 Å². The van der Waals surface area contributed by atoms with Crippen molar-refractivity contribution in [2.45, 2.75) is 25.3 Å². The van der Waals surface area contributed by atoms with Crippen LogP contribution in [-0.4, -0.2) is 60.6 Å². The van der Waals surface area contributed by atoms with Gasteiger partial charge in [-0.3, -0.25) is 14.8 Å². The third-order valence-electron chi connectivity index (χ3n) is 4.63. The van der Waals surface area contributed by atoms with E-state index in [1.807, 2.05) is 30.3 Å². The first-order chi connectivity index (χ1) is 12.6. The van der Waals surface area contributed by atoms with Gasteiger partial charge >= 0.3 is 6.03 Å². The van der Waals surface area contributed by atoms with Gasteiger partial charge in [0.25, 0.3) is 0 Å². The molecule has 3 amide bonds. The zero-order valence-corrected chi connectivity index (χ0v) is 14.9. The first-order valence-corrected chi connectivity index (χ1v) is 8.76. The predicted molar refractivity (Wildman–Crippen MR) is 95.6 cm³/mol. The molecule has 8 nitrogen and oxygen atoms in total. The van der Waals surface area contributed by atoms with Gasteiger partial charge in [0.2, 0.25) is 5.91 Å². The maximum absolute atomic E-state index is 13.1. The molecular weight excluding hydrogens is 336 g/mol.